The van der Waals surface area contributed by atoms with Crippen molar-refractivity contribution in [1.29, 1.82) is 5.26 Å². The molecule has 8 heteroatoms. The van der Waals surface area contributed by atoms with Gasteiger partial charge in [0.25, 0.3) is 5.56 Å². The molecule has 0 bridgehead atoms. The highest BCUT2D eigenvalue weighted by Crippen LogP contribution is 2.27. The average molecular weight is 453 g/mol. The number of rotatable bonds is 6. The van der Waals surface area contributed by atoms with Gasteiger partial charge in [-0.15, -0.1) is 0 Å². The van der Waals surface area contributed by atoms with Crippen LogP contribution in [0.2, 0.25) is 5.02 Å². The van der Waals surface area contributed by atoms with Crippen molar-refractivity contribution in [3.63, 3.8) is 0 Å². The molecule has 0 radical (unpaired) electrons. The second-order valence-corrected chi connectivity index (χ2v) is 8.69. The van der Waals surface area contributed by atoms with Gasteiger partial charge in [-0.1, -0.05) is 60.6 Å². The van der Waals surface area contributed by atoms with Crippen molar-refractivity contribution < 1.29 is 4.79 Å². The summed E-state index contributed by atoms with van der Waals surface area (Å²) < 4.78 is 0. The molecule has 0 fully saturated rings. The summed E-state index contributed by atoms with van der Waals surface area (Å²) in [6.07, 6.45) is 0.799. The van der Waals surface area contributed by atoms with Crippen LogP contribution in [0.4, 0.5) is 5.69 Å². The first-order valence-corrected chi connectivity index (χ1v) is 11.0. The molecule has 2 aromatic carbocycles. The van der Waals surface area contributed by atoms with Gasteiger partial charge in [-0.25, -0.2) is 4.98 Å². The summed E-state index contributed by atoms with van der Waals surface area (Å²) in [7, 11) is 0. The molecular formula is C23H21ClN4O2S. The van der Waals surface area contributed by atoms with Gasteiger partial charge >= 0.3 is 0 Å². The Bertz CT molecular complexity index is 1220. The second kappa shape index (κ2) is 9.82. The number of benzene rings is 2. The number of amides is 1. The van der Waals surface area contributed by atoms with Gasteiger partial charge < -0.3 is 10.3 Å². The van der Waals surface area contributed by atoms with Gasteiger partial charge in [0.1, 0.15) is 11.6 Å². The maximum atomic E-state index is 12.8. The molecule has 1 aromatic heterocycles. The standard InChI is InChI=1S/C23H21ClN4O2S/c1-4-15-7-5-6-13(2)19(15)26-21(29)14(3)31-23-27-20(18(12-25)22(30)28-23)16-8-10-17(24)11-9-16/h5-11,14H,4H2,1-3H3,(H,26,29)(H,27,28,30)/t14-/m1/s1. The number of anilines is 1. The molecule has 0 spiro atoms. The Labute approximate surface area is 189 Å². The number of nitriles is 1. The molecule has 0 saturated carbocycles. The Hall–Kier alpha value is -3.08. The third-order valence-corrected chi connectivity index (χ3v) is 6.01. The Morgan fingerprint density at radius 2 is 2.00 bits per heavy atom. The van der Waals surface area contributed by atoms with Gasteiger partial charge in [-0.05, 0) is 43.5 Å². The number of nitrogens with one attached hydrogen (secondary N) is 2. The lowest BCUT2D eigenvalue weighted by molar-refractivity contribution is -0.115. The molecule has 0 aliphatic heterocycles. The second-order valence-electron chi connectivity index (χ2n) is 6.93. The highest BCUT2D eigenvalue weighted by Gasteiger charge is 2.20. The van der Waals surface area contributed by atoms with E-state index in [2.05, 4.69) is 15.3 Å². The number of aromatic nitrogens is 2. The number of carbonyl (C=O) groups is 1. The molecule has 3 rings (SSSR count). The lowest BCUT2D eigenvalue weighted by Crippen LogP contribution is -2.24. The van der Waals surface area contributed by atoms with E-state index >= 15 is 0 Å². The number of halogens is 1. The lowest BCUT2D eigenvalue weighted by Gasteiger charge is -2.16. The molecule has 6 nitrogen and oxygen atoms in total. The fraction of sp³-hybridized carbons (Fsp3) is 0.217. The predicted octanol–water partition coefficient (Wildman–Crippen LogP) is 4.95. The van der Waals surface area contributed by atoms with Crippen molar-refractivity contribution >= 4 is 35.0 Å². The zero-order valence-corrected chi connectivity index (χ0v) is 18.9. The molecule has 0 unspecified atom stereocenters. The van der Waals surface area contributed by atoms with Crippen molar-refractivity contribution in [1.82, 2.24) is 9.97 Å². The fourth-order valence-electron chi connectivity index (χ4n) is 3.08. The Morgan fingerprint density at radius 3 is 2.65 bits per heavy atom. The molecule has 1 amide bonds. The molecule has 1 atom stereocenters. The smallest absolute Gasteiger partial charge is 0.270 e. The van der Waals surface area contributed by atoms with Crippen LogP contribution in [0.15, 0.2) is 52.4 Å². The Balaban J connectivity index is 1.87. The minimum absolute atomic E-state index is 0.0868. The largest absolute Gasteiger partial charge is 0.325 e. The van der Waals surface area contributed by atoms with E-state index < -0.39 is 10.8 Å². The van der Waals surface area contributed by atoms with E-state index in [1.165, 1.54) is 0 Å². The number of hydrogen-bond acceptors (Lipinski definition) is 5. The van der Waals surface area contributed by atoms with E-state index in [0.717, 1.165) is 35.0 Å². The highest BCUT2D eigenvalue weighted by atomic mass is 35.5. The van der Waals surface area contributed by atoms with Crippen molar-refractivity contribution in [2.45, 2.75) is 37.6 Å². The zero-order chi connectivity index (χ0) is 22.5. The number of carbonyl (C=O) groups excluding carboxylic acids is 1. The van der Waals surface area contributed by atoms with E-state index in [9.17, 15) is 14.9 Å². The topological polar surface area (TPSA) is 98.6 Å². The molecule has 3 aromatic rings. The van der Waals surface area contributed by atoms with Crippen LogP contribution in [0, 0.1) is 18.3 Å². The van der Waals surface area contributed by atoms with Crippen molar-refractivity contribution in [3.8, 4) is 17.3 Å². The first-order valence-electron chi connectivity index (χ1n) is 9.70. The van der Waals surface area contributed by atoms with Crippen molar-refractivity contribution in [2.75, 3.05) is 5.32 Å². The molecule has 31 heavy (non-hydrogen) atoms. The molecule has 1 heterocycles. The van der Waals surface area contributed by atoms with E-state index in [-0.39, 0.29) is 22.3 Å². The molecule has 158 valence electrons. The Morgan fingerprint density at radius 1 is 1.29 bits per heavy atom. The first kappa shape index (κ1) is 22.6. The summed E-state index contributed by atoms with van der Waals surface area (Å²) in [4.78, 5) is 32.3. The molecule has 0 saturated heterocycles. The lowest BCUT2D eigenvalue weighted by atomic mass is 10.1. The predicted molar refractivity (Wildman–Crippen MR) is 125 cm³/mol. The summed E-state index contributed by atoms with van der Waals surface area (Å²) in [6.45, 7) is 5.72. The first-order chi connectivity index (χ1) is 14.8. The third-order valence-electron chi connectivity index (χ3n) is 4.77. The van der Waals surface area contributed by atoms with Gasteiger partial charge in [0.05, 0.1) is 10.9 Å². The maximum Gasteiger partial charge on any atom is 0.270 e. The average Bonchev–Trinajstić information content (AvgIpc) is 2.75. The van der Waals surface area contributed by atoms with Crippen LogP contribution in [0.1, 0.15) is 30.5 Å². The van der Waals surface area contributed by atoms with Crippen LogP contribution >= 0.6 is 23.4 Å². The zero-order valence-electron chi connectivity index (χ0n) is 17.3. The van der Waals surface area contributed by atoms with Gasteiger partial charge in [-0.2, -0.15) is 5.26 Å². The van der Waals surface area contributed by atoms with Gasteiger partial charge in [0.2, 0.25) is 5.91 Å². The Kier molecular flexibility index (Phi) is 7.16. The van der Waals surface area contributed by atoms with Crippen molar-refractivity contribution in [3.05, 3.63) is 74.5 Å². The number of H-pyrrole nitrogens is 1. The van der Waals surface area contributed by atoms with E-state index in [0.29, 0.717) is 10.6 Å². The number of aryl methyl sites for hydroxylation is 2. The normalized spacial score (nSPS) is 11.6. The van der Waals surface area contributed by atoms with Crippen molar-refractivity contribution in [2.24, 2.45) is 0 Å². The van der Waals surface area contributed by atoms with Crippen LogP contribution in [0.3, 0.4) is 0 Å². The van der Waals surface area contributed by atoms with E-state index in [1.54, 1.807) is 31.2 Å². The number of aromatic amines is 1. The highest BCUT2D eigenvalue weighted by molar-refractivity contribution is 8.00. The molecule has 2 N–H and O–H groups in total. The fourth-order valence-corrected chi connectivity index (χ4v) is 4.00. The third kappa shape index (κ3) is 5.16. The number of hydrogen-bond donors (Lipinski definition) is 2. The van der Waals surface area contributed by atoms with Gasteiger partial charge in [-0.3, -0.25) is 9.59 Å². The summed E-state index contributed by atoms with van der Waals surface area (Å²) in [5, 5.41) is 12.7. The summed E-state index contributed by atoms with van der Waals surface area (Å²) in [5.74, 6) is -0.200. The van der Waals surface area contributed by atoms with Crippen LogP contribution in [-0.2, 0) is 11.2 Å². The molecule has 0 aliphatic rings. The maximum absolute atomic E-state index is 12.8. The summed E-state index contributed by atoms with van der Waals surface area (Å²) in [5.41, 5.74) is 3.07. The van der Waals surface area contributed by atoms with Gasteiger partial charge in [0.15, 0.2) is 5.16 Å². The van der Waals surface area contributed by atoms with Crippen LogP contribution in [0.5, 0.6) is 0 Å². The van der Waals surface area contributed by atoms with Gasteiger partial charge in [0, 0.05) is 16.3 Å². The molecular weight excluding hydrogens is 432 g/mol. The number of para-hydroxylation sites is 1. The van der Waals surface area contributed by atoms with E-state index in [4.69, 9.17) is 11.6 Å². The van der Waals surface area contributed by atoms with Crippen LogP contribution in [-0.4, -0.2) is 21.1 Å². The minimum Gasteiger partial charge on any atom is -0.325 e. The quantitative estimate of drug-likeness (QED) is 0.407. The minimum atomic E-state index is -0.551. The summed E-state index contributed by atoms with van der Waals surface area (Å²) >= 11 is 7.06. The van der Waals surface area contributed by atoms with Crippen LogP contribution in [0.25, 0.3) is 11.3 Å². The number of thioether (sulfide) groups is 1. The van der Waals surface area contributed by atoms with E-state index in [1.807, 2.05) is 38.1 Å². The number of nitrogens with zero attached hydrogens (tertiary/aromatic N) is 2. The van der Waals surface area contributed by atoms with Crippen LogP contribution < -0.4 is 10.9 Å². The SMILES string of the molecule is CCc1cccc(C)c1NC(=O)[C@@H](C)Sc1nc(-c2ccc(Cl)cc2)c(C#N)c(=O)[nH]1. The monoisotopic (exact) mass is 452 g/mol. The molecule has 0 aliphatic carbocycles. The summed E-state index contributed by atoms with van der Waals surface area (Å²) in [6, 6.07) is 14.5.